The minimum atomic E-state index is -1.04. The van der Waals surface area contributed by atoms with E-state index in [1.165, 1.54) is 17.0 Å². The molecule has 0 saturated carbocycles. The molecule has 2 aromatic carbocycles. The summed E-state index contributed by atoms with van der Waals surface area (Å²) >= 11 is 0. The number of carbonyl (C=O) groups is 2. The van der Waals surface area contributed by atoms with Gasteiger partial charge in [0.05, 0.1) is 16.9 Å². The highest BCUT2D eigenvalue weighted by Gasteiger charge is 2.24. The van der Waals surface area contributed by atoms with Crippen LogP contribution in [0.15, 0.2) is 42.5 Å². The third kappa shape index (κ3) is 3.39. The van der Waals surface area contributed by atoms with Crippen LogP contribution >= 0.6 is 0 Å². The maximum atomic E-state index is 14.1. The van der Waals surface area contributed by atoms with Gasteiger partial charge in [0.15, 0.2) is 5.69 Å². The highest BCUT2D eigenvalue weighted by atomic mass is 19.1. The molecule has 3 aromatic rings. The number of amides is 2. The van der Waals surface area contributed by atoms with Gasteiger partial charge >= 0.3 is 6.09 Å². The van der Waals surface area contributed by atoms with Gasteiger partial charge in [-0.15, -0.1) is 10.2 Å². The Morgan fingerprint density at radius 3 is 2.50 bits per heavy atom. The maximum absolute atomic E-state index is 14.1. The molecule has 1 aliphatic heterocycles. The van der Waals surface area contributed by atoms with Gasteiger partial charge in [-0.2, -0.15) is 0 Å². The molecular weight excluding hydrogens is 396 g/mol. The first kappa shape index (κ1) is 19.2. The van der Waals surface area contributed by atoms with Gasteiger partial charge in [-0.25, -0.2) is 13.6 Å². The second-order valence-corrected chi connectivity index (χ2v) is 6.61. The SMILES string of the molecule is NC(=O)c1nnc(-c2c(F)cccc2F)cc1Nc1ccc2c(c1)CCN2C(=O)O. The van der Waals surface area contributed by atoms with Crippen LogP contribution in [0.25, 0.3) is 11.3 Å². The fraction of sp³-hybridized carbons (Fsp3) is 0.100. The number of primary amides is 1. The molecule has 30 heavy (non-hydrogen) atoms. The fourth-order valence-corrected chi connectivity index (χ4v) is 3.37. The van der Waals surface area contributed by atoms with E-state index in [1.807, 2.05) is 0 Å². The molecule has 2 amide bonds. The van der Waals surface area contributed by atoms with Gasteiger partial charge in [0.25, 0.3) is 5.91 Å². The second-order valence-electron chi connectivity index (χ2n) is 6.61. The monoisotopic (exact) mass is 411 g/mol. The Kier molecular flexibility index (Phi) is 4.74. The molecular formula is C20H15F2N5O3. The standard InChI is InChI=1S/C20H15F2N5O3/c21-12-2-1-3-13(22)17(12)14-9-15(18(19(23)28)26-25-14)24-11-4-5-16-10(8-11)6-7-27(16)20(29)30/h1-5,8-9H,6-7H2,(H2,23,28)(H,24,25)(H,29,30). The summed E-state index contributed by atoms with van der Waals surface area (Å²) in [7, 11) is 0. The summed E-state index contributed by atoms with van der Waals surface area (Å²) < 4.78 is 28.3. The van der Waals surface area contributed by atoms with Crippen molar-refractivity contribution in [1.82, 2.24) is 10.2 Å². The number of hydrogen-bond donors (Lipinski definition) is 3. The van der Waals surface area contributed by atoms with Crippen LogP contribution in [0.2, 0.25) is 0 Å². The summed E-state index contributed by atoms with van der Waals surface area (Å²) in [6.45, 7) is 0.341. The second kappa shape index (κ2) is 7.39. The Morgan fingerprint density at radius 2 is 1.83 bits per heavy atom. The molecule has 152 valence electrons. The lowest BCUT2D eigenvalue weighted by molar-refractivity contribution is 0.0995. The lowest BCUT2D eigenvalue weighted by Crippen LogP contribution is -2.26. The average Bonchev–Trinajstić information content (AvgIpc) is 3.11. The Bertz CT molecular complexity index is 1160. The molecule has 0 saturated heterocycles. The quantitative estimate of drug-likeness (QED) is 0.606. The van der Waals surface area contributed by atoms with Crippen molar-refractivity contribution in [3.63, 3.8) is 0 Å². The normalized spacial score (nSPS) is 12.5. The molecule has 0 radical (unpaired) electrons. The van der Waals surface area contributed by atoms with Gasteiger partial charge in [-0.05, 0) is 48.4 Å². The summed E-state index contributed by atoms with van der Waals surface area (Å²) in [6, 6.07) is 9.67. The van der Waals surface area contributed by atoms with Crippen LogP contribution in [0.1, 0.15) is 16.1 Å². The molecule has 0 atom stereocenters. The van der Waals surface area contributed by atoms with Crippen molar-refractivity contribution in [2.24, 2.45) is 5.73 Å². The van der Waals surface area contributed by atoms with Crippen molar-refractivity contribution in [2.45, 2.75) is 6.42 Å². The van der Waals surface area contributed by atoms with Crippen LogP contribution in [0, 0.1) is 11.6 Å². The smallest absolute Gasteiger partial charge is 0.411 e. The zero-order valence-corrected chi connectivity index (χ0v) is 15.4. The topological polar surface area (TPSA) is 121 Å². The van der Waals surface area contributed by atoms with Crippen LogP contribution in [0.5, 0.6) is 0 Å². The van der Waals surface area contributed by atoms with Crippen LogP contribution in [-0.2, 0) is 6.42 Å². The first-order valence-corrected chi connectivity index (χ1v) is 8.87. The predicted octanol–water partition coefficient (Wildman–Crippen LogP) is 3.30. The molecule has 0 aliphatic carbocycles. The lowest BCUT2D eigenvalue weighted by atomic mass is 10.1. The van der Waals surface area contributed by atoms with E-state index >= 15 is 0 Å². The number of rotatable bonds is 4. The zero-order valence-electron chi connectivity index (χ0n) is 15.4. The fourth-order valence-electron chi connectivity index (χ4n) is 3.37. The van der Waals surface area contributed by atoms with Gasteiger partial charge in [0, 0.05) is 12.2 Å². The van der Waals surface area contributed by atoms with Gasteiger partial charge in [-0.3, -0.25) is 9.69 Å². The van der Waals surface area contributed by atoms with Gasteiger partial charge in [-0.1, -0.05) is 6.07 Å². The number of nitrogens with zero attached hydrogens (tertiary/aromatic N) is 3. The molecule has 0 unspecified atom stereocenters. The van der Waals surface area contributed by atoms with E-state index in [0.29, 0.717) is 24.3 Å². The van der Waals surface area contributed by atoms with Crippen molar-refractivity contribution < 1.29 is 23.5 Å². The average molecular weight is 411 g/mol. The van der Waals surface area contributed by atoms with Gasteiger partial charge in [0.1, 0.15) is 17.3 Å². The van der Waals surface area contributed by atoms with E-state index in [1.54, 1.807) is 18.2 Å². The summed E-state index contributed by atoms with van der Waals surface area (Å²) in [4.78, 5) is 24.3. The first-order valence-electron chi connectivity index (χ1n) is 8.87. The van der Waals surface area contributed by atoms with Crippen molar-refractivity contribution in [3.8, 4) is 11.3 Å². The number of benzene rings is 2. The van der Waals surface area contributed by atoms with Crippen LogP contribution in [0.3, 0.4) is 0 Å². The highest BCUT2D eigenvalue weighted by molar-refractivity contribution is 5.98. The lowest BCUT2D eigenvalue weighted by Gasteiger charge is -2.14. The number of halogens is 2. The van der Waals surface area contributed by atoms with Crippen LogP contribution in [-0.4, -0.2) is 33.8 Å². The summed E-state index contributed by atoms with van der Waals surface area (Å²) in [6.07, 6.45) is -0.513. The largest absolute Gasteiger partial charge is 0.465 e. The number of aromatic nitrogens is 2. The number of nitrogens with one attached hydrogen (secondary N) is 1. The van der Waals surface area contributed by atoms with Gasteiger partial charge < -0.3 is 16.2 Å². The van der Waals surface area contributed by atoms with E-state index in [0.717, 1.165) is 17.7 Å². The van der Waals surface area contributed by atoms with Crippen molar-refractivity contribution in [1.29, 1.82) is 0 Å². The Balaban J connectivity index is 1.74. The molecule has 1 aromatic heterocycles. The number of hydrogen-bond acceptors (Lipinski definition) is 5. The van der Waals surface area contributed by atoms with Crippen LogP contribution in [0.4, 0.5) is 30.6 Å². The van der Waals surface area contributed by atoms with E-state index in [4.69, 9.17) is 5.73 Å². The number of carbonyl (C=O) groups excluding carboxylic acids is 1. The predicted molar refractivity (Wildman–Crippen MR) is 105 cm³/mol. The minimum Gasteiger partial charge on any atom is -0.465 e. The molecule has 0 fully saturated rings. The molecule has 4 rings (SSSR count). The summed E-state index contributed by atoms with van der Waals surface area (Å²) in [5, 5.41) is 19.7. The molecule has 0 bridgehead atoms. The minimum absolute atomic E-state index is 0.114. The van der Waals surface area contributed by atoms with E-state index in [9.17, 15) is 23.5 Å². The molecule has 8 nitrogen and oxygen atoms in total. The highest BCUT2D eigenvalue weighted by Crippen LogP contribution is 2.33. The molecule has 10 heteroatoms. The van der Waals surface area contributed by atoms with Crippen molar-refractivity contribution in [3.05, 3.63) is 65.4 Å². The molecule has 1 aliphatic rings. The third-order valence-electron chi connectivity index (χ3n) is 4.73. The van der Waals surface area contributed by atoms with Crippen molar-refractivity contribution >= 4 is 29.1 Å². The third-order valence-corrected chi connectivity index (χ3v) is 4.73. The van der Waals surface area contributed by atoms with E-state index in [-0.39, 0.29) is 22.6 Å². The summed E-state index contributed by atoms with van der Waals surface area (Å²) in [5.41, 5.74) is 6.67. The Labute approximate surface area is 169 Å². The number of anilines is 3. The number of fused-ring (bicyclic) bond motifs is 1. The van der Waals surface area contributed by atoms with E-state index in [2.05, 4.69) is 15.5 Å². The van der Waals surface area contributed by atoms with Crippen molar-refractivity contribution in [2.75, 3.05) is 16.8 Å². The Morgan fingerprint density at radius 1 is 1.10 bits per heavy atom. The maximum Gasteiger partial charge on any atom is 0.411 e. The van der Waals surface area contributed by atoms with Gasteiger partial charge in [0.2, 0.25) is 0 Å². The molecule has 0 spiro atoms. The molecule has 2 heterocycles. The number of nitrogens with two attached hydrogens (primary N) is 1. The zero-order chi connectivity index (χ0) is 21.4. The number of carboxylic acid groups (broad SMARTS) is 1. The van der Waals surface area contributed by atoms with Crippen LogP contribution < -0.4 is 16.0 Å². The first-order chi connectivity index (χ1) is 14.3. The Hall–Kier alpha value is -4.08. The van der Waals surface area contributed by atoms with E-state index < -0.39 is 23.6 Å². The summed E-state index contributed by atoms with van der Waals surface area (Å²) in [5.74, 6) is -2.52. The molecule has 4 N–H and O–H groups in total.